The van der Waals surface area contributed by atoms with Gasteiger partial charge in [0.05, 0.1) is 32.6 Å². The lowest BCUT2D eigenvalue weighted by Crippen LogP contribution is -2.51. The standard InChI is InChI=1S/C21H26N4O5/c1-13(2)19(21(28)23-12-18(26)24-15-6-5-7-22-11-15)25-20(27)14-8-16(29-3)10-17(9-14)30-4/h5-11,13,19H,12H2,1-4H3,(H,23,28)(H,24,26)(H,25,27). The molecule has 1 atom stereocenters. The second kappa shape index (κ2) is 10.8. The summed E-state index contributed by atoms with van der Waals surface area (Å²) in [4.78, 5) is 41.2. The molecule has 0 fully saturated rings. The lowest BCUT2D eigenvalue weighted by atomic mass is 10.0. The third-order valence-corrected chi connectivity index (χ3v) is 4.22. The first kappa shape index (κ1) is 22.7. The number of rotatable bonds is 9. The number of hydrogen-bond donors (Lipinski definition) is 3. The molecular formula is C21H26N4O5. The predicted octanol–water partition coefficient (Wildman–Crippen LogP) is 1.61. The molecule has 0 aliphatic rings. The number of amides is 3. The Morgan fingerprint density at radius 1 is 1.07 bits per heavy atom. The van der Waals surface area contributed by atoms with Crippen LogP contribution in [0.15, 0.2) is 42.7 Å². The summed E-state index contributed by atoms with van der Waals surface area (Å²) in [5.74, 6) is -0.616. The molecule has 160 valence electrons. The van der Waals surface area contributed by atoms with Crippen LogP contribution in [0.3, 0.4) is 0 Å². The Balaban J connectivity index is 2.00. The summed E-state index contributed by atoms with van der Waals surface area (Å²) >= 11 is 0. The summed E-state index contributed by atoms with van der Waals surface area (Å²) in [6, 6.07) is 7.28. The van der Waals surface area contributed by atoms with Crippen LogP contribution >= 0.6 is 0 Å². The maximum Gasteiger partial charge on any atom is 0.252 e. The Morgan fingerprint density at radius 3 is 2.27 bits per heavy atom. The molecule has 1 heterocycles. The molecule has 2 rings (SSSR count). The molecule has 1 unspecified atom stereocenters. The van der Waals surface area contributed by atoms with Gasteiger partial charge in [0.15, 0.2) is 0 Å². The van der Waals surface area contributed by atoms with Crippen molar-refractivity contribution in [2.75, 3.05) is 26.1 Å². The zero-order valence-corrected chi connectivity index (χ0v) is 17.4. The zero-order chi connectivity index (χ0) is 22.1. The van der Waals surface area contributed by atoms with Crippen molar-refractivity contribution in [1.29, 1.82) is 0 Å². The van der Waals surface area contributed by atoms with Gasteiger partial charge in [-0.05, 0) is 30.2 Å². The topological polar surface area (TPSA) is 119 Å². The van der Waals surface area contributed by atoms with Crippen molar-refractivity contribution in [2.24, 2.45) is 5.92 Å². The van der Waals surface area contributed by atoms with E-state index in [1.807, 2.05) is 0 Å². The van der Waals surface area contributed by atoms with E-state index in [0.29, 0.717) is 22.7 Å². The molecule has 0 bridgehead atoms. The number of aromatic nitrogens is 1. The number of nitrogens with zero attached hydrogens (tertiary/aromatic N) is 1. The van der Waals surface area contributed by atoms with Crippen molar-refractivity contribution >= 4 is 23.4 Å². The maximum atomic E-state index is 12.7. The number of carbonyl (C=O) groups excluding carboxylic acids is 3. The van der Waals surface area contributed by atoms with Crippen LogP contribution in [-0.2, 0) is 9.59 Å². The number of anilines is 1. The highest BCUT2D eigenvalue weighted by atomic mass is 16.5. The minimum atomic E-state index is -0.833. The monoisotopic (exact) mass is 414 g/mol. The highest BCUT2D eigenvalue weighted by molar-refractivity contribution is 5.99. The molecule has 1 aromatic heterocycles. The van der Waals surface area contributed by atoms with Gasteiger partial charge in [-0.2, -0.15) is 0 Å². The molecule has 0 radical (unpaired) electrons. The number of ether oxygens (including phenoxy) is 2. The number of benzene rings is 1. The third kappa shape index (κ3) is 6.47. The summed E-state index contributed by atoms with van der Waals surface area (Å²) < 4.78 is 10.3. The molecule has 3 N–H and O–H groups in total. The first-order valence-electron chi connectivity index (χ1n) is 9.35. The Bertz CT molecular complexity index is 864. The average molecular weight is 414 g/mol. The minimum Gasteiger partial charge on any atom is -0.497 e. The van der Waals surface area contributed by atoms with E-state index in [0.717, 1.165) is 0 Å². The molecule has 0 saturated carbocycles. The van der Waals surface area contributed by atoms with Gasteiger partial charge in [0.1, 0.15) is 17.5 Å². The summed E-state index contributed by atoms with van der Waals surface area (Å²) in [5.41, 5.74) is 0.816. The summed E-state index contributed by atoms with van der Waals surface area (Å²) in [7, 11) is 2.97. The van der Waals surface area contributed by atoms with Crippen LogP contribution < -0.4 is 25.4 Å². The van der Waals surface area contributed by atoms with Gasteiger partial charge in [-0.3, -0.25) is 19.4 Å². The third-order valence-electron chi connectivity index (χ3n) is 4.22. The maximum absolute atomic E-state index is 12.7. The molecule has 1 aromatic carbocycles. The largest absolute Gasteiger partial charge is 0.497 e. The first-order valence-corrected chi connectivity index (χ1v) is 9.35. The normalized spacial score (nSPS) is 11.4. The summed E-state index contributed by atoms with van der Waals surface area (Å²) in [6.45, 7) is 3.36. The fourth-order valence-corrected chi connectivity index (χ4v) is 2.62. The van der Waals surface area contributed by atoms with Crippen LogP contribution in [0.5, 0.6) is 11.5 Å². The molecule has 3 amide bonds. The van der Waals surface area contributed by atoms with Crippen LogP contribution in [0.2, 0.25) is 0 Å². The van der Waals surface area contributed by atoms with Crippen molar-refractivity contribution in [2.45, 2.75) is 19.9 Å². The van der Waals surface area contributed by atoms with E-state index in [1.165, 1.54) is 20.4 Å². The van der Waals surface area contributed by atoms with Gasteiger partial charge in [0.2, 0.25) is 11.8 Å². The van der Waals surface area contributed by atoms with E-state index in [1.54, 1.807) is 50.4 Å². The van der Waals surface area contributed by atoms with E-state index in [9.17, 15) is 14.4 Å². The van der Waals surface area contributed by atoms with Crippen molar-refractivity contribution in [1.82, 2.24) is 15.6 Å². The molecule has 2 aromatic rings. The van der Waals surface area contributed by atoms with Crippen LogP contribution in [0.1, 0.15) is 24.2 Å². The molecule has 9 heteroatoms. The van der Waals surface area contributed by atoms with Gasteiger partial charge in [-0.15, -0.1) is 0 Å². The smallest absolute Gasteiger partial charge is 0.252 e. The first-order chi connectivity index (χ1) is 14.3. The van der Waals surface area contributed by atoms with Gasteiger partial charge in [-0.25, -0.2) is 0 Å². The van der Waals surface area contributed by atoms with Crippen molar-refractivity contribution in [3.8, 4) is 11.5 Å². The quantitative estimate of drug-likeness (QED) is 0.574. The summed E-state index contributed by atoms with van der Waals surface area (Å²) in [6.07, 6.45) is 3.09. The highest BCUT2D eigenvalue weighted by Crippen LogP contribution is 2.22. The Morgan fingerprint density at radius 2 is 1.73 bits per heavy atom. The fraction of sp³-hybridized carbons (Fsp3) is 0.333. The molecule has 0 saturated heterocycles. The Labute approximate surface area is 175 Å². The fourth-order valence-electron chi connectivity index (χ4n) is 2.62. The van der Waals surface area contributed by atoms with Crippen LogP contribution in [0.25, 0.3) is 0 Å². The number of hydrogen-bond acceptors (Lipinski definition) is 6. The second-order valence-electron chi connectivity index (χ2n) is 6.80. The lowest BCUT2D eigenvalue weighted by molar-refractivity contribution is -0.126. The predicted molar refractivity (Wildman–Crippen MR) is 112 cm³/mol. The van der Waals surface area contributed by atoms with Crippen molar-refractivity contribution in [3.05, 3.63) is 48.3 Å². The van der Waals surface area contributed by atoms with E-state index in [2.05, 4.69) is 20.9 Å². The van der Waals surface area contributed by atoms with E-state index < -0.39 is 23.8 Å². The van der Waals surface area contributed by atoms with Crippen LogP contribution in [0.4, 0.5) is 5.69 Å². The molecule has 30 heavy (non-hydrogen) atoms. The molecule has 0 spiro atoms. The number of nitrogens with one attached hydrogen (secondary N) is 3. The van der Waals surface area contributed by atoms with E-state index >= 15 is 0 Å². The number of pyridine rings is 1. The Kier molecular flexibility index (Phi) is 8.16. The number of carbonyl (C=O) groups is 3. The molecule has 9 nitrogen and oxygen atoms in total. The summed E-state index contributed by atoms with van der Waals surface area (Å²) in [5, 5.41) is 7.88. The van der Waals surface area contributed by atoms with Crippen LogP contribution in [-0.4, -0.2) is 49.5 Å². The highest BCUT2D eigenvalue weighted by Gasteiger charge is 2.25. The van der Waals surface area contributed by atoms with Gasteiger partial charge in [0, 0.05) is 17.8 Å². The van der Waals surface area contributed by atoms with Gasteiger partial charge < -0.3 is 25.4 Å². The SMILES string of the molecule is COc1cc(OC)cc(C(=O)NC(C(=O)NCC(=O)Nc2cccnc2)C(C)C)c1. The number of methoxy groups -OCH3 is 2. The van der Waals surface area contributed by atoms with Crippen molar-refractivity contribution < 1.29 is 23.9 Å². The molecule has 0 aliphatic carbocycles. The van der Waals surface area contributed by atoms with Gasteiger partial charge in [0.25, 0.3) is 5.91 Å². The van der Waals surface area contributed by atoms with Crippen molar-refractivity contribution in [3.63, 3.8) is 0 Å². The Hall–Kier alpha value is -3.62. The second-order valence-corrected chi connectivity index (χ2v) is 6.80. The minimum absolute atomic E-state index is 0.206. The zero-order valence-electron chi connectivity index (χ0n) is 17.4. The van der Waals surface area contributed by atoms with Crippen LogP contribution in [0, 0.1) is 5.92 Å². The molecule has 0 aliphatic heterocycles. The lowest BCUT2D eigenvalue weighted by Gasteiger charge is -2.22. The van der Waals surface area contributed by atoms with E-state index in [-0.39, 0.29) is 12.5 Å². The molecular weight excluding hydrogens is 388 g/mol. The van der Waals surface area contributed by atoms with E-state index in [4.69, 9.17) is 9.47 Å². The average Bonchev–Trinajstić information content (AvgIpc) is 2.75. The van der Waals surface area contributed by atoms with Gasteiger partial charge in [-0.1, -0.05) is 13.8 Å². The van der Waals surface area contributed by atoms with Gasteiger partial charge >= 0.3 is 0 Å².